The van der Waals surface area contributed by atoms with Crippen LogP contribution in [0.2, 0.25) is 0 Å². The third-order valence-corrected chi connectivity index (χ3v) is 3.68. The molecule has 0 aromatic heterocycles. The standard InChI is InChI=1S/C16H15F3N2O2S/c1-24-14-7-5-12(6-8-14)21-15(22)20-10-11-3-2-4-13(9-11)23-16(17,18)19/h2-9H,10H2,1H3,(H2,20,21,22). The lowest BCUT2D eigenvalue weighted by atomic mass is 10.2. The third-order valence-electron chi connectivity index (χ3n) is 2.93. The summed E-state index contributed by atoms with van der Waals surface area (Å²) < 4.78 is 40.4. The first-order valence-electron chi connectivity index (χ1n) is 6.89. The molecule has 0 spiro atoms. The summed E-state index contributed by atoms with van der Waals surface area (Å²) in [5, 5.41) is 5.22. The highest BCUT2D eigenvalue weighted by Crippen LogP contribution is 2.23. The van der Waals surface area contributed by atoms with Crippen molar-refractivity contribution in [3.8, 4) is 5.75 Å². The molecular weight excluding hydrogens is 341 g/mol. The van der Waals surface area contributed by atoms with E-state index in [-0.39, 0.29) is 12.3 Å². The van der Waals surface area contributed by atoms with E-state index in [2.05, 4.69) is 15.4 Å². The molecule has 0 aliphatic carbocycles. The van der Waals surface area contributed by atoms with Crippen molar-refractivity contribution in [1.29, 1.82) is 0 Å². The van der Waals surface area contributed by atoms with Crippen LogP contribution in [0.15, 0.2) is 53.4 Å². The van der Waals surface area contributed by atoms with Crippen LogP contribution in [0.5, 0.6) is 5.75 Å². The lowest BCUT2D eigenvalue weighted by molar-refractivity contribution is -0.274. The molecule has 0 aliphatic rings. The molecular formula is C16H15F3N2O2S. The van der Waals surface area contributed by atoms with Crippen LogP contribution >= 0.6 is 11.8 Å². The summed E-state index contributed by atoms with van der Waals surface area (Å²) in [6, 6.07) is 12.3. The first-order valence-corrected chi connectivity index (χ1v) is 8.12. The lowest BCUT2D eigenvalue weighted by Crippen LogP contribution is -2.28. The molecule has 2 N–H and O–H groups in total. The van der Waals surface area contributed by atoms with Gasteiger partial charge in [0.05, 0.1) is 0 Å². The van der Waals surface area contributed by atoms with Crippen LogP contribution < -0.4 is 15.4 Å². The molecule has 128 valence electrons. The van der Waals surface area contributed by atoms with E-state index in [0.29, 0.717) is 11.3 Å². The Morgan fingerprint density at radius 3 is 2.50 bits per heavy atom. The van der Waals surface area contributed by atoms with E-state index in [4.69, 9.17) is 0 Å². The minimum absolute atomic E-state index is 0.0732. The summed E-state index contributed by atoms with van der Waals surface area (Å²) in [6.07, 6.45) is -2.79. The minimum atomic E-state index is -4.74. The number of urea groups is 1. The molecule has 0 heterocycles. The molecule has 0 bridgehead atoms. The fourth-order valence-corrected chi connectivity index (χ4v) is 2.29. The molecule has 2 amide bonds. The number of hydrogen-bond acceptors (Lipinski definition) is 3. The van der Waals surface area contributed by atoms with Crippen LogP contribution in [-0.4, -0.2) is 18.6 Å². The lowest BCUT2D eigenvalue weighted by Gasteiger charge is -2.11. The molecule has 2 rings (SSSR count). The summed E-state index contributed by atoms with van der Waals surface area (Å²) in [5.41, 5.74) is 1.11. The maximum Gasteiger partial charge on any atom is 0.573 e. The first-order chi connectivity index (χ1) is 11.4. The number of thioether (sulfide) groups is 1. The molecule has 0 unspecified atom stereocenters. The van der Waals surface area contributed by atoms with Gasteiger partial charge in [-0.05, 0) is 48.2 Å². The summed E-state index contributed by atoms with van der Waals surface area (Å²) in [5.74, 6) is -0.324. The van der Waals surface area contributed by atoms with Crippen LogP contribution in [0, 0.1) is 0 Å². The van der Waals surface area contributed by atoms with E-state index in [1.807, 2.05) is 18.4 Å². The van der Waals surface area contributed by atoms with E-state index >= 15 is 0 Å². The van der Waals surface area contributed by atoms with Gasteiger partial charge in [0, 0.05) is 17.1 Å². The van der Waals surface area contributed by atoms with E-state index < -0.39 is 12.4 Å². The van der Waals surface area contributed by atoms with Crippen molar-refractivity contribution in [2.24, 2.45) is 0 Å². The maximum absolute atomic E-state index is 12.2. The topological polar surface area (TPSA) is 50.4 Å². The summed E-state index contributed by atoms with van der Waals surface area (Å²) in [7, 11) is 0. The van der Waals surface area contributed by atoms with Gasteiger partial charge in [0.2, 0.25) is 0 Å². The Bertz CT molecular complexity index is 690. The monoisotopic (exact) mass is 356 g/mol. The van der Waals surface area contributed by atoms with Crippen LogP contribution in [0.3, 0.4) is 0 Å². The molecule has 0 atom stereocenters. The highest BCUT2D eigenvalue weighted by atomic mass is 32.2. The van der Waals surface area contributed by atoms with Gasteiger partial charge in [-0.1, -0.05) is 12.1 Å². The fourth-order valence-electron chi connectivity index (χ4n) is 1.88. The first kappa shape index (κ1) is 18.0. The Balaban J connectivity index is 1.88. The number of benzene rings is 2. The smallest absolute Gasteiger partial charge is 0.406 e. The Labute approximate surface area is 141 Å². The predicted octanol–water partition coefficient (Wildman–Crippen LogP) is 4.63. The molecule has 8 heteroatoms. The van der Waals surface area contributed by atoms with Crippen LogP contribution in [0.1, 0.15) is 5.56 Å². The fraction of sp³-hybridized carbons (Fsp3) is 0.188. The van der Waals surface area contributed by atoms with Crippen LogP contribution in [-0.2, 0) is 6.54 Å². The van der Waals surface area contributed by atoms with Crippen LogP contribution in [0.25, 0.3) is 0 Å². The Morgan fingerprint density at radius 2 is 1.88 bits per heavy atom. The Kier molecular flexibility index (Phi) is 5.97. The van der Waals surface area contributed by atoms with Crippen molar-refractivity contribution < 1.29 is 22.7 Å². The number of anilines is 1. The van der Waals surface area contributed by atoms with Gasteiger partial charge in [0.1, 0.15) is 5.75 Å². The molecule has 2 aromatic carbocycles. The Morgan fingerprint density at radius 1 is 1.17 bits per heavy atom. The van der Waals surface area contributed by atoms with E-state index in [1.165, 1.54) is 18.2 Å². The summed E-state index contributed by atoms with van der Waals surface area (Å²) >= 11 is 1.59. The third kappa shape index (κ3) is 6.04. The van der Waals surface area contributed by atoms with E-state index in [9.17, 15) is 18.0 Å². The predicted molar refractivity (Wildman–Crippen MR) is 87.2 cm³/mol. The highest BCUT2D eigenvalue weighted by Gasteiger charge is 2.31. The second-order valence-electron chi connectivity index (χ2n) is 4.73. The molecule has 0 saturated carbocycles. The number of amides is 2. The molecule has 0 fully saturated rings. The second-order valence-corrected chi connectivity index (χ2v) is 5.61. The van der Waals surface area contributed by atoms with E-state index in [0.717, 1.165) is 4.90 Å². The molecule has 24 heavy (non-hydrogen) atoms. The maximum atomic E-state index is 12.2. The average Bonchev–Trinajstić information content (AvgIpc) is 2.52. The van der Waals surface area contributed by atoms with Gasteiger partial charge in [-0.25, -0.2) is 4.79 Å². The molecule has 4 nitrogen and oxygen atoms in total. The van der Waals surface area contributed by atoms with Crippen LogP contribution in [0.4, 0.5) is 23.7 Å². The number of halogens is 3. The number of ether oxygens (including phenoxy) is 1. The number of carbonyl (C=O) groups is 1. The zero-order valence-corrected chi connectivity index (χ0v) is 13.5. The number of hydrogen-bond donors (Lipinski definition) is 2. The highest BCUT2D eigenvalue weighted by molar-refractivity contribution is 7.98. The van der Waals surface area contributed by atoms with Crippen molar-refractivity contribution in [1.82, 2.24) is 5.32 Å². The summed E-state index contributed by atoms with van der Waals surface area (Å²) in [4.78, 5) is 12.9. The SMILES string of the molecule is CSc1ccc(NC(=O)NCc2cccc(OC(F)(F)F)c2)cc1. The van der Waals surface area contributed by atoms with Crippen molar-refractivity contribution in [2.45, 2.75) is 17.8 Å². The number of carbonyl (C=O) groups excluding carboxylic acids is 1. The number of rotatable bonds is 5. The van der Waals surface area contributed by atoms with Gasteiger partial charge in [-0.3, -0.25) is 0 Å². The van der Waals surface area contributed by atoms with Crippen molar-refractivity contribution >= 4 is 23.5 Å². The summed E-state index contributed by atoms with van der Waals surface area (Å²) in [6.45, 7) is 0.0732. The van der Waals surface area contributed by atoms with E-state index in [1.54, 1.807) is 30.0 Å². The minimum Gasteiger partial charge on any atom is -0.406 e. The quantitative estimate of drug-likeness (QED) is 0.768. The van der Waals surface area contributed by atoms with Gasteiger partial charge in [-0.15, -0.1) is 24.9 Å². The number of nitrogens with one attached hydrogen (secondary N) is 2. The largest absolute Gasteiger partial charge is 0.573 e. The molecule has 0 radical (unpaired) electrons. The van der Waals surface area contributed by atoms with Gasteiger partial charge < -0.3 is 15.4 Å². The molecule has 2 aromatic rings. The van der Waals surface area contributed by atoms with Gasteiger partial charge in [0.15, 0.2) is 0 Å². The zero-order chi connectivity index (χ0) is 17.6. The number of alkyl halides is 3. The Hall–Kier alpha value is -2.35. The van der Waals surface area contributed by atoms with Crippen molar-refractivity contribution in [3.05, 3.63) is 54.1 Å². The molecule has 0 aliphatic heterocycles. The van der Waals surface area contributed by atoms with Crippen molar-refractivity contribution in [2.75, 3.05) is 11.6 Å². The van der Waals surface area contributed by atoms with Gasteiger partial charge >= 0.3 is 12.4 Å². The second kappa shape index (κ2) is 7.96. The van der Waals surface area contributed by atoms with Crippen molar-refractivity contribution in [3.63, 3.8) is 0 Å². The zero-order valence-electron chi connectivity index (χ0n) is 12.7. The normalized spacial score (nSPS) is 11.0. The van der Waals surface area contributed by atoms with Gasteiger partial charge in [0.25, 0.3) is 0 Å². The average molecular weight is 356 g/mol. The molecule has 0 saturated heterocycles. The van der Waals surface area contributed by atoms with Gasteiger partial charge in [-0.2, -0.15) is 0 Å².